The number of nitrogens with zero attached hydrogens (tertiary/aromatic N) is 1. The lowest BCUT2D eigenvalue weighted by atomic mass is 9.83. The second-order valence-electron chi connectivity index (χ2n) is 4.53. The number of hydrogen-bond donors (Lipinski definition) is 1. The van der Waals surface area contributed by atoms with Crippen molar-refractivity contribution in [3.05, 3.63) is 67.7 Å². The number of nitro groups is 1. The number of ketones is 2. The quantitative estimate of drug-likeness (QED) is 0.423. The van der Waals surface area contributed by atoms with Crippen molar-refractivity contribution in [2.24, 2.45) is 0 Å². The number of anilines is 1. The fourth-order valence-corrected chi connectivity index (χ4v) is 2.60. The maximum atomic E-state index is 12.5. The fourth-order valence-electron chi connectivity index (χ4n) is 2.36. The van der Waals surface area contributed by atoms with Gasteiger partial charge in [0.1, 0.15) is 0 Å². The molecule has 1 aliphatic rings. The smallest absolute Gasteiger partial charge is 0.270 e. The van der Waals surface area contributed by atoms with Crippen LogP contribution in [0.4, 0.5) is 11.4 Å². The number of halogens is 1. The molecule has 0 heterocycles. The summed E-state index contributed by atoms with van der Waals surface area (Å²) >= 11 is 5.98. The molecule has 0 radical (unpaired) electrons. The molecule has 0 amide bonds. The topological polar surface area (TPSA) is 103 Å². The van der Waals surface area contributed by atoms with Gasteiger partial charge >= 0.3 is 0 Å². The van der Waals surface area contributed by atoms with E-state index in [4.69, 9.17) is 17.3 Å². The first kappa shape index (κ1) is 13.3. The summed E-state index contributed by atoms with van der Waals surface area (Å²) in [7, 11) is 0. The largest absolute Gasteiger partial charge is 0.398 e. The van der Waals surface area contributed by atoms with E-state index in [-0.39, 0.29) is 38.7 Å². The van der Waals surface area contributed by atoms with E-state index in [2.05, 4.69) is 0 Å². The molecule has 2 N–H and O–H groups in total. The van der Waals surface area contributed by atoms with E-state index < -0.39 is 16.5 Å². The van der Waals surface area contributed by atoms with Gasteiger partial charge < -0.3 is 5.73 Å². The summed E-state index contributed by atoms with van der Waals surface area (Å²) in [6.45, 7) is 0. The van der Waals surface area contributed by atoms with Crippen LogP contribution in [0.5, 0.6) is 0 Å². The molecule has 2 aromatic carbocycles. The predicted octanol–water partition coefficient (Wildman–Crippen LogP) is 2.61. The number of non-ortho nitro benzene ring substituents is 1. The number of carbonyl (C=O) groups excluding carboxylic acids is 2. The van der Waals surface area contributed by atoms with Crippen LogP contribution in [0.1, 0.15) is 31.8 Å². The maximum Gasteiger partial charge on any atom is 0.270 e. The van der Waals surface area contributed by atoms with Gasteiger partial charge in [-0.1, -0.05) is 11.6 Å². The number of nitrogen functional groups attached to an aromatic ring is 1. The highest BCUT2D eigenvalue weighted by atomic mass is 35.5. The lowest BCUT2D eigenvalue weighted by molar-refractivity contribution is -0.384. The van der Waals surface area contributed by atoms with Crippen LogP contribution in [-0.2, 0) is 0 Å². The van der Waals surface area contributed by atoms with Crippen molar-refractivity contribution in [3.8, 4) is 0 Å². The van der Waals surface area contributed by atoms with Gasteiger partial charge in [0.2, 0.25) is 0 Å². The van der Waals surface area contributed by atoms with Crippen molar-refractivity contribution in [1.29, 1.82) is 0 Å². The molecule has 7 heteroatoms. The van der Waals surface area contributed by atoms with Crippen LogP contribution in [-0.4, -0.2) is 16.5 Å². The Balaban J connectivity index is 2.33. The molecule has 0 aliphatic heterocycles. The molecule has 2 aromatic rings. The minimum atomic E-state index is -0.630. The Morgan fingerprint density at radius 3 is 2.33 bits per heavy atom. The number of nitrogens with two attached hydrogens (primary N) is 1. The average Bonchev–Trinajstić information content (AvgIpc) is 2.46. The van der Waals surface area contributed by atoms with Crippen LogP contribution in [0.3, 0.4) is 0 Å². The standard InChI is InChI=1S/C14H7ClN2O4/c15-9-3-4-10(16)12-11(9)14(19)8-5-6(17(20)21)1-2-7(8)13(12)18/h1-5H,16H2. The Morgan fingerprint density at radius 2 is 1.67 bits per heavy atom. The molecule has 1 aliphatic carbocycles. The molecule has 21 heavy (non-hydrogen) atoms. The lowest BCUT2D eigenvalue weighted by Crippen LogP contribution is -2.23. The summed E-state index contributed by atoms with van der Waals surface area (Å²) < 4.78 is 0. The van der Waals surface area contributed by atoms with Crippen LogP contribution in [0.25, 0.3) is 0 Å². The molecule has 104 valence electrons. The van der Waals surface area contributed by atoms with Gasteiger partial charge in [-0.2, -0.15) is 0 Å². The van der Waals surface area contributed by atoms with E-state index in [9.17, 15) is 19.7 Å². The Hall–Kier alpha value is -2.73. The zero-order valence-corrected chi connectivity index (χ0v) is 11.2. The van der Waals surface area contributed by atoms with E-state index in [1.807, 2.05) is 0 Å². The van der Waals surface area contributed by atoms with Crippen molar-refractivity contribution in [2.75, 3.05) is 5.73 Å². The van der Waals surface area contributed by atoms with Gasteiger partial charge in [-0.15, -0.1) is 0 Å². The molecule has 0 unspecified atom stereocenters. The van der Waals surface area contributed by atoms with Crippen LogP contribution in [0, 0.1) is 10.1 Å². The molecule has 0 fully saturated rings. The SMILES string of the molecule is Nc1ccc(Cl)c2c1C(=O)c1ccc([N+](=O)[O-])cc1C2=O. The third kappa shape index (κ3) is 1.80. The summed E-state index contributed by atoms with van der Waals surface area (Å²) in [4.78, 5) is 35.1. The molecule has 0 saturated carbocycles. The van der Waals surface area contributed by atoms with Gasteiger partial charge in [-0.3, -0.25) is 19.7 Å². The molecule has 0 saturated heterocycles. The first-order valence-corrected chi connectivity index (χ1v) is 6.25. The van der Waals surface area contributed by atoms with Gasteiger partial charge in [0, 0.05) is 28.9 Å². The number of benzene rings is 2. The van der Waals surface area contributed by atoms with Crippen LogP contribution in [0.2, 0.25) is 5.02 Å². The fraction of sp³-hybridized carbons (Fsp3) is 0. The number of carbonyl (C=O) groups is 2. The number of nitro benzene ring substituents is 1. The van der Waals surface area contributed by atoms with E-state index in [0.29, 0.717) is 0 Å². The number of fused-ring (bicyclic) bond motifs is 2. The second-order valence-corrected chi connectivity index (χ2v) is 4.94. The van der Waals surface area contributed by atoms with Gasteiger partial charge in [0.05, 0.1) is 21.1 Å². The van der Waals surface area contributed by atoms with Crippen molar-refractivity contribution in [3.63, 3.8) is 0 Å². The normalized spacial score (nSPS) is 12.8. The lowest BCUT2D eigenvalue weighted by Gasteiger charge is -2.19. The summed E-state index contributed by atoms with van der Waals surface area (Å²) in [6, 6.07) is 6.39. The van der Waals surface area contributed by atoms with E-state index in [0.717, 1.165) is 6.07 Å². The van der Waals surface area contributed by atoms with Gasteiger partial charge in [0.25, 0.3) is 5.69 Å². The van der Waals surface area contributed by atoms with Gasteiger partial charge in [-0.05, 0) is 18.2 Å². The maximum absolute atomic E-state index is 12.5. The predicted molar refractivity (Wildman–Crippen MR) is 75.8 cm³/mol. The Morgan fingerprint density at radius 1 is 1.00 bits per heavy atom. The van der Waals surface area contributed by atoms with E-state index in [1.165, 1.54) is 24.3 Å². The molecule has 3 rings (SSSR count). The third-order valence-electron chi connectivity index (χ3n) is 3.34. The minimum Gasteiger partial charge on any atom is -0.398 e. The van der Waals surface area contributed by atoms with Crippen molar-refractivity contribution in [1.82, 2.24) is 0 Å². The summed E-state index contributed by atoms with van der Waals surface area (Å²) in [5.74, 6) is -1.00. The van der Waals surface area contributed by atoms with Gasteiger partial charge in [0.15, 0.2) is 11.6 Å². The first-order valence-electron chi connectivity index (χ1n) is 5.87. The van der Waals surface area contributed by atoms with Crippen LogP contribution < -0.4 is 5.73 Å². The molecule has 0 spiro atoms. The van der Waals surface area contributed by atoms with Crippen molar-refractivity contribution in [2.45, 2.75) is 0 Å². The first-order chi connectivity index (χ1) is 9.91. The summed E-state index contributed by atoms with van der Waals surface area (Å²) in [5.41, 5.74) is 5.74. The second kappa shape index (κ2) is 4.39. The summed E-state index contributed by atoms with van der Waals surface area (Å²) in [6.07, 6.45) is 0. The molecule has 0 aromatic heterocycles. The molecule has 0 bridgehead atoms. The van der Waals surface area contributed by atoms with Crippen LogP contribution in [0.15, 0.2) is 30.3 Å². The Labute approximate surface area is 123 Å². The Kier molecular flexibility index (Phi) is 2.77. The highest BCUT2D eigenvalue weighted by molar-refractivity contribution is 6.39. The molecular weight excluding hydrogens is 296 g/mol. The highest BCUT2D eigenvalue weighted by Gasteiger charge is 2.34. The van der Waals surface area contributed by atoms with Crippen molar-refractivity contribution >= 4 is 34.5 Å². The van der Waals surface area contributed by atoms with Gasteiger partial charge in [-0.25, -0.2) is 0 Å². The monoisotopic (exact) mass is 302 g/mol. The number of hydrogen-bond acceptors (Lipinski definition) is 5. The Bertz CT molecular complexity index is 845. The molecular formula is C14H7ClN2O4. The molecule has 0 atom stereocenters. The van der Waals surface area contributed by atoms with E-state index >= 15 is 0 Å². The average molecular weight is 303 g/mol. The number of rotatable bonds is 1. The zero-order chi connectivity index (χ0) is 15.3. The van der Waals surface area contributed by atoms with Crippen LogP contribution >= 0.6 is 11.6 Å². The third-order valence-corrected chi connectivity index (χ3v) is 3.66. The van der Waals surface area contributed by atoms with Crippen molar-refractivity contribution < 1.29 is 14.5 Å². The minimum absolute atomic E-state index is 0.00494. The summed E-state index contributed by atoms with van der Waals surface area (Å²) in [5, 5.41) is 10.9. The van der Waals surface area contributed by atoms with E-state index in [1.54, 1.807) is 0 Å². The highest BCUT2D eigenvalue weighted by Crippen LogP contribution is 2.36. The molecule has 6 nitrogen and oxygen atoms in total. The zero-order valence-electron chi connectivity index (χ0n) is 10.4.